The van der Waals surface area contributed by atoms with Crippen LogP contribution in [-0.2, 0) is 14.2 Å². The lowest BCUT2D eigenvalue weighted by Crippen LogP contribution is -2.47. The summed E-state index contributed by atoms with van der Waals surface area (Å²) < 4.78 is 16.3. The molecule has 0 aromatic heterocycles. The van der Waals surface area contributed by atoms with E-state index >= 15 is 0 Å². The topological polar surface area (TPSA) is 39.7 Å². The molecule has 1 saturated heterocycles. The second-order valence-corrected chi connectivity index (χ2v) is 4.08. The fraction of sp³-hybridized carbons (Fsp3) is 1.00. The molecule has 0 aliphatic carbocycles. The zero-order valence-electron chi connectivity index (χ0n) is 10.0. The highest BCUT2D eigenvalue weighted by Gasteiger charge is 2.29. The summed E-state index contributed by atoms with van der Waals surface area (Å²) in [6.45, 7) is 9.84. The first kappa shape index (κ1) is 12.9. The van der Waals surface area contributed by atoms with E-state index in [1.54, 1.807) is 0 Å². The van der Waals surface area contributed by atoms with Crippen molar-refractivity contribution in [2.24, 2.45) is 0 Å². The van der Waals surface area contributed by atoms with Crippen LogP contribution in [0.15, 0.2) is 0 Å². The first-order chi connectivity index (χ1) is 7.20. The molecule has 0 bridgehead atoms. The first-order valence-corrected chi connectivity index (χ1v) is 5.76. The van der Waals surface area contributed by atoms with E-state index in [1.165, 1.54) is 0 Å². The Balaban J connectivity index is 2.25. The highest BCUT2D eigenvalue weighted by Crippen LogP contribution is 2.17. The van der Waals surface area contributed by atoms with Crippen LogP contribution in [-0.4, -0.2) is 44.8 Å². The Kier molecular flexibility index (Phi) is 5.53. The smallest absolute Gasteiger partial charge is 0.169 e. The molecule has 1 fully saturated rings. The SMILES string of the molecule is CCOC(CNC1(C)CCOC1)OCC. The lowest BCUT2D eigenvalue weighted by molar-refractivity contribution is -0.135. The molecule has 0 aromatic rings. The highest BCUT2D eigenvalue weighted by atomic mass is 16.7. The van der Waals surface area contributed by atoms with Crippen molar-refractivity contribution in [2.45, 2.75) is 39.0 Å². The van der Waals surface area contributed by atoms with Gasteiger partial charge in [-0.1, -0.05) is 0 Å². The van der Waals surface area contributed by atoms with Gasteiger partial charge in [-0.05, 0) is 27.2 Å². The number of hydrogen-bond donors (Lipinski definition) is 1. The molecule has 1 N–H and O–H groups in total. The van der Waals surface area contributed by atoms with Crippen molar-refractivity contribution in [1.29, 1.82) is 0 Å². The average Bonchev–Trinajstić information content (AvgIpc) is 2.63. The molecule has 0 aromatic carbocycles. The van der Waals surface area contributed by atoms with Crippen LogP contribution >= 0.6 is 0 Å². The molecule has 1 heterocycles. The van der Waals surface area contributed by atoms with Gasteiger partial charge in [0, 0.05) is 31.9 Å². The lowest BCUT2D eigenvalue weighted by atomic mass is 10.0. The van der Waals surface area contributed by atoms with Gasteiger partial charge in [0.25, 0.3) is 0 Å². The quantitative estimate of drug-likeness (QED) is 0.649. The molecular formula is C11H23NO3. The molecule has 0 spiro atoms. The van der Waals surface area contributed by atoms with Gasteiger partial charge in [0.1, 0.15) is 0 Å². The van der Waals surface area contributed by atoms with Crippen LogP contribution in [0.4, 0.5) is 0 Å². The number of rotatable bonds is 7. The third kappa shape index (κ3) is 4.47. The van der Waals surface area contributed by atoms with E-state index in [0.717, 1.165) is 26.2 Å². The average molecular weight is 217 g/mol. The molecule has 0 radical (unpaired) electrons. The van der Waals surface area contributed by atoms with Gasteiger partial charge >= 0.3 is 0 Å². The minimum absolute atomic E-state index is 0.0897. The van der Waals surface area contributed by atoms with E-state index in [0.29, 0.717) is 13.2 Å². The van der Waals surface area contributed by atoms with Crippen molar-refractivity contribution < 1.29 is 14.2 Å². The summed E-state index contributed by atoms with van der Waals surface area (Å²) in [4.78, 5) is 0. The van der Waals surface area contributed by atoms with Gasteiger partial charge in [-0.15, -0.1) is 0 Å². The van der Waals surface area contributed by atoms with Crippen LogP contribution in [0.2, 0.25) is 0 Å². The van der Waals surface area contributed by atoms with E-state index in [-0.39, 0.29) is 11.8 Å². The van der Waals surface area contributed by atoms with Crippen LogP contribution in [0.1, 0.15) is 27.2 Å². The number of ether oxygens (including phenoxy) is 3. The molecule has 15 heavy (non-hydrogen) atoms. The lowest BCUT2D eigenvalue weighted by Gasteiger charge is -2.26. The molecule has 4 nitrogen and oxygen atoms in total. The molecule has 0 saturated carbocycles. The Morgan fingerprint density at radius 2 is 2.00 bits per heavy atom. The van der Waals surface area contributed by atoms with Gasteiger partial charge in [0.2, 0.25) is 0 Å². The molecule has 1 rings (SSSR count). The molecule has 0 amide bonds. The van der Waals surface area contributed by atoms with Crippen molar-refractivity contribution in [3.8, 4) is 0 Å². The molecule has 1 aliphatic heterocycles. The van der Waals surface area contributed by atoms with Gasteiger partial charge < -0.3 is 19.5 Å². The molecule has 4 heteroatoms. The molecule has 1 unspecified atom stereocenters. The van der Waals surface area contributed by atoms with Gasteiger partial charge in [-0.3, -0.25) is 0 Å². The normalized spacial score (nSPS) is 26.4. The van der Waals surface area contributed by atoms with Gasteiger partial charge in [0.05, 0.1) is 6.61 Å². The second kappa shape index (κ2) is 6.43. The van der Waals surface area contributed by atoms with Crippen LogP contribution in [0.25, 0.3) is 0 Å². The fourth-order valence-corrected chi connectivity index (χ4v) is 1.67. The minimum atomic E-state index is -0.141. The Hall–Kier alpha value is -0.160. The highest BCUT2D eigenvalue weighted by molar-refractivity contribution is 4.86. The maximum absolute atomic E-state index is 5.46. The van der Waals surface area contributed by atoms with Crippen LogP contribution in [0, 0.1) is 0 Å². The summed E-state index contributed by atoms with van der Waals surface area (Å²) in [6.07, 6.45) is 0.912. The Morgan fingerprint density at radius 3 is 2.47 bits per heavy atom. The van der Waals surface area contributed by atoms with E-state index < -0.39 is 0 Å². The maximum Gasteiger partial charge on any atom is 0.169 e. The zero-order valence-corrected chi connectivity index (χ0v) is 10.0. The Labute approximate surface area is 92.3 Å². The monoisotopic (exact) mass is 217 g/mol. The summed E-state index contributed by atoms with van der Waals surface area (Å²) in [5.41, 5.74) is 0.0897. The van der Waals surface area contributed by atoms with E-state index in [1.807, 2.05) is 13.8 Å². The van der Waals surface area contributed by atoms with Crippen molar-refractivity contribution in [3.05, 3.63) is 0 Å². The van der Waals surface area contributed by atoms with Crippen LogP contribution in [0.3, 0.4) is 0 Å². The summed E-state index contributed by atoms with van der Waals surface area (Å²) in [5, 5.41) is 3.45. The maximum atomic E-state index is 5.46. The van der Waals surface area contributed by atoms with E-state index in [4.69, 9.17) is 14.2 Å². The Morgan fingerprint density at radius 1 is 1.33 bits per heavy atom. The Bertz CT molecular complexity index is 163. The largest absolute Gasteiger partial charge is 0.379 e. The predicted molar refractivity (Wildman–Crippen MR) is 58.9 cm³/mol. The molecular weight excluding hydrogens is 194 g/mol. The van der Waals surface area contributed by atoms with Gasteiger partial charge in [0.15, 0.2) is 6.29 Å². The first-order valence-electron chi connectivity index (χ1n) is 5.76. The van der Waals surface area contributed by atoms with Crippen LogP contribution < -0.4 is 5.32 Å². The molecule has 1 aliphatic rings. The summed E-state index contributed by atoms with van der Waals surface area (Å²) in [5.74, 6) is 0. The van der Waals surface area contributed by atoms with Gasteiger partial charge in [-0.2, -0.15) is 0 Å². The molecule has 1 atom stereocenters. The standard InChI is InChI=1S/C11H23NO3/c1-4-14-10(15-5-2)8-12-11(3)6-7-13-9-11/h10,12H,4-9H2,1-3H3. The summed E-state index contributed by atoms with van der Waals surface area (Å²) in [6, 6.07) is 0. The predicted octanol–water partition coefficient (Wildman–Crippen LogP) is 1.15. The number of nitrogens with one attached hydrogen (secondary N) is 1. The van der Waals surface area contributed by atoms with Crippen molar-refractivity contribution in [3.63, 3.8) is 0 Å². The summed E-state index contributed by atoms with van der Waals surface area (Å²) >= 11 is 0. The summed E-state index contributed by atoms with van der Waals surface area (Å²) in [7, 11) is 0. The van der Waals surface area contributed by atoms with Crippen molar-refractivity contribution in [2.75, 3.05) is 33.0 Å². The third-order valence-corrected chi connectivity index (χ3v) is 2.62. The second-order valence-electron chi connectivity index (χ2n) is 4.08. The van der Waals surface area contributed by atoms with Crippen LogP contribution in [0.5, 0.6) is 0 Å². The zero-order chi connectivity index (χ0) is 11.1. The van der Waals surface area contributed by atoms with Crippen molar-refractivity contribution in [1.82, 2.24) is 5.32 Å². The van der Waals surface area contributed by atoms with E-state index in [2.05, 4.69) is 12.2 Å². The third-order valence-electron chi connectivity index (χ3n) is 2.62. The molecule has 90 valence electrons. The van der Waals surface area contributed by atoms with E-state index in [9.17, 15) is 0 Å². The number of hydrogen-bond acceptors (Lipinski definition) is 4. The van der Waals surface area contributed by atoms with Crippen molar-refractivity contribution >= 4 is 0 Å². The minimum Gasteiger partial charge on any atom is -0.379 e. The van der Waals surface area contributed by atoms with Gasteiger partial charge in [-0.25, -0.2) is 0 Å². The fourth-order valence-electron chi connectivity index (χ4n) is 1.67.